The highest BCUT2D eigenvalue weighted by Crippen LogP contribution is 2.15. The summed E-state index contributed by atoms with van der Waals surface area (Å²) in [7, 11) is 0. The van der Waals surface area contributed by atoms with Gasteiger partial charge in [-0.05, 0) is 36.4 Å². The summed E-state index contributed by atoms with van der Waals surface area (Å²) in [4.78, 5) is 25.2. The van der Waals surface area contributed by atoms with Gasteiger partial charge in [-0.2, -0.15) is 0 Å². The second-order valence-corrected chi connectivity index (χ2v) is 5.83. The Hall–Kier alpha value is -2.21. The molecule has 0 aromatic heterocycles. The number of rotatable bonds is 5. The first-order valence-corrected chi connectivity index (χ1v) is 7.84. The van der Waals surface area contributed by atoms with Crippen molar-refractivity contribution >= 4 is 33.4 Å². The minimum Gasteiger partial charge on any atom is -0.350 e. The van der Waals surface area contributed by atoms with E-state index in [1.54, 1.807) is 30.3 Å². The van der Waals surface area contributed by atoms with Crippen LogP contribution in [0, 0.1) is 5.82 Å². The van der Waals surface area contributed by atoms with E-state index in [0.29, 0.717) is 11.3 Å². The van der Waals surface area contributed by atoms with Crippen molar-refractivity contribution < 1.29 is 14.0 Å². The van der Waals surface area contributed by atoms with E-state index >= 15 is 0 Å². The third kappa shape index (κ3) is 4.89. The fraction of sp³-hybridized carbons (Fsp3) is 0.176. The number of anilines is 1. The summed E-state index contributed by atoms with van der Waals surface area (Å²) < 4.78 is 14.1. The molecule has 0 bridgehead atoms. The van der Waals surface area contributed by atoms with Crippen molar-refractivity contribution in [3.05, 3.63) is 64.4 Å². The lowest BCUT2D eigenvalue weighted by atomic mass is 10.2. The molecular formula is C17H16BrFN2O2. The maximum Gasteiger partial charge on any atom is 0.251 e. The minimum absolute atomic E-state index is 0.215. The summed E-state index contributed by atoms with van der Waals surface area (Å²) in [5.41, 5.74) is 0.994. The number of nitrogens with one attached hydrogen (secondary N) is 1. The molecule has 0 spiro atoms. The summed E-state index contributed by atoms with van der Waals surface area (Å²) in [5, 5.41) is 2.75. The molecule has 23 heavy (non-hydrogen) atoms. The van der Waals surface area contributed by atoms with Crippen molar-refractivity contribution in [1.82, 2.24) is 5.32 Å². The van der Waals surface area contributed by atoms with Crippen LogP contribution in [0.15, 0.2) is 53.0 Å². The van der Waals surface area contributed by atoms with Gasteiger partial charge in [-0.15, -0.1) is 0 Å². The molecule has 0 heterocycles. The second kappa shape index (κ2) is 7.87. The molecule has 0 aliphatic rings. The molecule has 0 radical (unpaired) electrons. The number of benzene rings is 2. The molecule has 4 nitrogen and oxygen atoms in total. The predicted molar refractivity (Wildman–Crippen MR) is 90.9 cm³/mol. The van der Waals surface area contributed by atoms with Crippen molar-refractivity contribution in [3.8, 4) is 0 Å². The normalized spacial score (nSPS) is 10.2. The van der Waals surface area contributed by atoms with Gasteiger partial charge in [0, 0.05) is 35.7 Å². The molecule has 120 valence electrons. The Bertz CT molecular complexity index is 721. The van der Waals surface area contributed by atoms with Crippen LogP contribution in [0.2, 0.25) is 0 Å². The summed E-state index contributed by atoms with van der Waals surface area (Å²) in [5.74, 6) is -0.853. The first kappa shape index (κ1) is 17.1. The minimum atomic E-state index is -0.410. The summed E-state index contributed by atoms with van der Waals surface area (Å²) in [6, 6.07) is 12.8. The van der Waals surface area contributed by atoms with Crippen molar-refractivity contribution in [2.45, 2.75) is 6.92 Å². The summed E-state index contributed by atoms with van der Waals surface area (Å²) >= 11 is 3.31. The SMILES string of the molecule is CC(=O)N(CCNC(=O)c1cccc(Br)c1)c1cccc(F)c1. The Morgan fingerprint density at radius 3 is 2.57 bits per heavy atom. The number of hydrogen-bond acceptors (Lipinski definition) is 2. The van der Waals surface area contributed by atoms with Crippen molar-refractivity contribution in [1.29, 1.82) is 0 Å². The molecule has 0 aliphatic heterocycles. The van der Waals surface area contributed by atoms with Crippen LogP contribution in [0.3, 0.4) is 0 Å². The third-order valence-corrected chi connectivity index (χ3v) is 3.70. The molecule has 0 saturated carbocycles. The number of nitrogens with zero attached hydrogens (tertiary/aromatic N) is 1. The van der Waals surface area contributed by atoms with Crippen LogP contribution in [-0.4, -0.2) is 24.9 Å². The maximum atomic E-state index is 13.3. The van der Waals surface area contributed by atoms with Crippen LogP contribution in [0.25, 0.3) is 0 Å². The first-order chi connectivity index (χ1) is 11.0. The predicted octanol–water partition coefficient (Wildman–Crippen LogP) is 3.37. The highest BCUT2D eigenvalue weighted by atomic mass is 79.9. The van der Waals surface area contributed by atoms with Crippen LogP contribution in [0.5, 0.6) is 0 Å². The van der Waals surface area contributed by atoms with Gasteiger partial charge in [-0.1, -0.05) is 28.1 Å². The fourth-order valence-corrected chi connectivity index (χ4v) is 2.52. The molecule has 2 aromatic carbocycles. The highest BCUT2D eigenvalue weighted by molar-refractivity contribution is 9.10. The number of halogens is 2. The number of hydrogen-bond donors (Lipinski definition) is 1. The molecule has 0 aliphatic carbocycles. The van der Waals surface area contributed by atoms with E-state index in [0.717, 1.165) is 4.47 Å². The lowest BCUT2D eigenvalue weighted by Crippen LogP contribution is -2.37. The monoisotopic (exact) mass is 378 g/mol. The smallest absolute Gasteiger partial charge is 0.251 e. The van der Waals surface area contributed by atoms with Gasteiger partial charge in [0.2, 0.25) is 5.91 Å². The van der Waals surface area contributed by atoms with Gasteiger partial charge in [0.25, 0.3) is 5.91 Å². The van der Waals surface area contributed by atoms with E-state index in [-0.39, 0.29) is 24.9 Å². The Balaban J connectivity index is 1.97. The fourth-order valence-electron chi connectivity index (χ4n) is 2.13. The molecule has 2 amide bonds. The van der Waals surface area contributed by atoms with Gasteiger partial charge in [0.05, 0.1) is 0 Å². The zero-order chi connectivity index (χ0) is 16.8. The summed E-state index contributed by atoms with van der Waals surface area (Å²) in [6.45, 7) is 1.93. The topological polar surface area (TPSA) is 49.4 Å². The Kier molecular flexibility index (Phi) is 5.87. The standard InChI is InChI=1S/C17H16BrFN2O2/c1-12(22)21(16-7-3-6-15(19)11-16)9-8-20-17(23)13-4-2-5-14(18)10-13/h2-7,10-11H,8-9H2,1H3,(H,20,23). The van der Waals surface area contributed by atoms with Gasteiger partial charge in [0.1, 0.15) is 5.82 Å². The Morgan fingerprint density at radius 1 is 1.17 bits per heavy atom. The van der Waals surface area contributed by atoms with Gasteiger partial charge < -0.3 is 10.2 Å². The van der Waals surface area contributed by atoms with Crippen LogP contribution < -0.4 is 10.2 Å². The second-order valence-electron chi connectivity index (χ2n) is 4.92. The van der Waals surface area contributed by atoms with Crippen LogP contribution in [-0.2, 0) is 4.79 Å². The lowest BCUT2D eigenvalue weighted by molar-refractivity contribution is -0.116. The zero-order valence-electron chi connectivity index (χ0n) is 12.6. The van der Waals surface area contributed by atoms with Gasteiger partial charge in [-0.3, -0.25) is 9.59 Å². The average molecular weight is 379 g/mol. The van der Waals surface area contributed by atoms with Crippen molar-refractivity contribution in [2.24, 2.45) is 0 Å². The molecule has 1 N–H and O–H groups in total. The third-order valence-electron chi connectivity index (χ3n) is 3.21. The van der Waals surface area contributed by atoms with E-state index in [4.69, 9.17) is 0 Å². The molecule has 2 aromatic rings. The van der Waals surface area contributed by atoms with Crippen LogP contribution >= 0.6 is 15.9 Å². The van der Waals surface area contributed by atoms with Crippen LogP contribution in [0.1, 0.15) is 17.3 Å². The lowest BCUT2D eigenvalue weighted by Gasteiger charge is -2.21. The van der Waals surface area contributed by atoms with E-state index < -0.39 is 5.82 Å². The van der Waals surface area contributed by atoms with E-state index in [9.17, 15) is 14.0 Å². The molecule has 0 fully saturated rings. The number of carbonyl (C=O) groups excluding carboxylic acids is 2. The number of carbonyl (C=O) groups is 2. The van der Waals surface area contributed by atoms with Crippen LogP contribution in [0.4, 0.5) is 10.1 Å². The van der Waals surface area contributed by atoms with Crippen molar-refractivity contribution in [3.63, 3.8) is 0 Å². The first-order valence-electron chi connectivity index (χ1n) is 7.05. The van der Waals surface area contributed by atoms with Gasteiger partial charge >= 0.3 is 0 Å². The molecule has 0 saturated heterocycles. The van der Waals surface area contributed by atoms with Gasteiger partial charge in [0.15, 0.2) is 0 Å². The van der Waals surface area contributed by atoms with E-state index in [1.165, 1.54) is 24.0 Å². The zero-order valence-corrected chi connectivity index (χ0v) is 14.1. The molecule has 6 heteroatoms. The van der Waals surface area contributed by atoms with E-state index in [2.05, 4.69) is 21.2 Å². The maximum absolute atomic E-state index is 13.3. The molecule has 0 unspecified atom stereocenters. The summed E-state index contributed by atoms with van der Waals surface area (Å²) in [6.07, 6.45) is 0. The van der Waals surface area contributed by atoms with Crippen molar-refractivity contribution in [2.75, 3.05) is 18.0 Å². The Labute approximate surface area is 142 Å². The quantitative estimate of drug-likeness (QED) is 0.866. The number of amides is 2. The molecule has 2 rings (SSSR count). The Morgan fingerprint density at radius 2 is 1.91 bits per heavy atom. The molecule has 0 atom stereocenters. The van der Waals surface area contributed by atoms with Gasteiger partial charge in [-0.25, -0.2) is 4.39 Å². The average Bonchev–Trinajstić information content (AvgIpc) is 2.51. The molecular weight excluding hydrogens is 363 g/mol. The highest BCUT2D eigenvalue weighted by Gasteiger charge is 2.13. The largest absolute Gasteiger partial charge is 0.350 e. The van der Waals surface area contributed by atoms with E-state index in [1.807, 2.05) is 6.07 Å².